The summed E-state index contributed by atoms with van der Waals surface area (Å²) >= 11 is -1.30. The van der Waals surface area contributed by atoms with E-state index >= 15 is 0 Å². The molecule has 0 spiro atoms. The van der Waals surface area contributed by atoms with Crippen LogP contribution in [0.4, 0.5) is 0 Å². The maximum atomic E-state index is 11.2. The van der Waals surface area contributed by atoms with Crippen LogP contribution in [0.2, 0.25) is 0 Å². The fraction of sp³-hybridized carbons (Fsp3) is 0.273. The Morgan fingerprint density at radius 3 is 2.71 bits per heavy atom. The van der Waals surface area contributed by atoms with Crippen LogP contribution in [-0.4, -0.2) is 10.8 Å². The molecule has 3 heteroatoms. The summed E-state index contributed by atoms with van der Waals surface area (Å²) in [6.45, 7) is 2.52. The Labute approximate surface area is 87.3 Å². The standard InChI is InChI=1S/C11H14O2S/c1-2-9-13-14(12)10-8-11-6-4-3-5-7-11/h3-8,10H,2,9H2,1H3. The van der Waals surface area contributed by atoms with E-state index in [4.69, 9.17) is 4.18 Å². The molecule has 14 heavy (non-hydrogen) atoms. The summed E-state index contributed by atoms with van der Waals surface area (Å²) in [5.74, 6) is 0. The van der Waals surface area contributed by atoms with Gasteiger partial charge in [0.2, 0.25) is 0 Å². The Balaban J connectivity index is 2.44. The van der Waals surface area contributed by atoms with E-state index in [0.29, 0.717) is 6.61 Å². The van der Waals surface area contributed by atoms with Crippen LogP contribution in [0.25, 0.3) is 6.08 Å². The summed E-state index contributed by atoms with van der Waals surface area (Å²) < 4.78 is 16.2. The van der Waals surface area contributed by atoms with Crippen LogP contribution in [0.3, 0.4) is 0 Å². The average Bonchev–Trinajstić information content (AvgIpc) is 2.25. The highest BCUT2D eigenvalue weighted by molar-refractivity contribution is 7.83. The molecule has 0 bridgehead atoms. The zero-order valence-corrected chi connectivity index (χ0v) is 9.00. The lowest BCUT2D eigenvalue weighted by Gasteiger charge is -1.95. The highest BCUT2D eigenvalue weighted by atomic mass is 32.2. The van der Waals surface area contributed by atoms with E-state index in [-0.39, 0.29) is 0 Å². The number of rotatable bonds is 5. The van der Waals surface area contributed by atoms with Gasteiger partial charge in [0.15, 0.2) is 11.1 Å². The van der Waals surface area contributed by atoms with Gasteiger partial charge in [0.1, 0.15) is 0 Å². The Bertz CT molecular complexity index is 306. The van der Waals surface area contributed by atoms with Crippen molar-refractivity contribution in [3.05, 3.63) is 41.3 Å². The summed E-state index contributed by atoms with van der Waals surface area (Å²) in [6.07, 6.45) is 2.68. The van der Waals surface area contributed by atoms with E-state index in [1.807, 2.05) is 37.3 Å². The van der Waals surface area contributed by atoms with Crippen LogP contribution in [0, 0.1) is 0 Å². The van der Waals surface area contributed by atoms with E-state index in [9.17, 15) is 4.21 Å². The smallest absolute Gasteiger partial charge is 0.181 e. The van der Waals surface area contributed by atoms with Gasteiger partial charge < -0.3 is 0 Å². The Morgan fingerprint density at radius 2 is 2.07 bits per heavy atom. The predicted octanol–water partition coefficient (Wildman–Crippen LogP) is 2.75. The second kappa shape index (κ2) is 6.51. The summed E-state index contributed by atoms with van der Waals surface area (Å²) in [5, 5.41) is 1.56. The molecule has 1 aromatic rings. The van der Waals surface area contributed by atoms with Crippen LogP contribution in [0.1, 0.15) is 18.9 Å². The third kappa shape index (κ3) is 4.35. The van der Waals surface area contributed by atoms with Gasteiger partial charge in [0.05, 0.1) is 6.61 Å². The van der Waals surface area contributed by atoms with E-state index in [2.05, 4.69) is 0 Å². The monoisotopic (exact) mass is 210 g/mol. The van der Waals surface area contributed by atoms with Gasteiger partial charge in [-0.25, -0.2) is 4.21 Å². The molecule has 1 atom stereocenters. The van der Waals surface area contributed by atoms with Crippen molar-refractivity contribution in [1.82, 2.24) is 0 Å². The third-order valence-corrected chi connectivity index (χ3v) is 2.33. The van der Waals surface area contributed by atoms with Crippen molar-refractivity contribution < 1.29 is 8.39 Å². The largest absolute Gasteiger partial charge is 0.287 e. The first-order valence-electron chi connectivity index (χ1n) is 4.60. The molecule has 0 heterocycles. The zero-order valence-electron chi connectivity index (χ0n) is 8.18. The fourth-order valence-corrected chi connectivity index (χ4v) is 1.58. The first-order chi connectivity index (χ1) is 6.83. The average molecular weight is 210 g/mol. The fourth-order valence-electron chi connectivity index (χ4n) is 0.903. The molecule has 0 aromatic heterocycles. The lowest BCUT2D eigenvalue weighted by molar-refractivity contribution is 0.352. The highest BCUT2D eigenvalue weighted by Crippen LogP contribution is 2.02. The van der Waals surface area contributed by atoms with Crippen molar-refractivity contribution in [3.8, 4) is 0 Å². The van der Waals surface area contributed by atoms with Crippen LogP contribution in [-0.2, 0) is 15.3 Å². The maximum Gasteiger partial charge on any atom is 0.181 e. The van der Waals surface area contributed by atoms with Gasteiger partial charge in [-0.05, 0) is 18.1 Å². The first-order valence-corrected chi connectivity index (χ1v) is 5.74. The molecule has 0 saturated heterocycles. The van der Waals surface area contributed by atoms with Gasteiger partial charge in [0, 0.05) is 5.41 Å². The minimum Gasteiger partial charge on any atom is -0.287 e. The predicted molar refractivity (Wildman–Crippen MR) is 59.9 cm³/mol. The van der Waals surface area contributed by atoms with Crippen molar-refractivity contribution in [2.24, 2.45) is 0 Å². The van der Waals surface area contributed by atoms with Gasteiger partial charge in [-0.2, -0.15) is 0 Å². The lowest BCUT2D eigenvalue weighted by Crippen LogP contribution is -1.93. The third-order valence-electron chi connectivity index (χ3n) is 1.57. The normalized spacial score (nSPS) is 13.2. The van der Waals surface area contributed by atoms with Crippen molar-refractivity contribution in [3.63, 3.8) is 0 Å². The topological polar surface area (TPSA) is 26.3 Å². The molecule has 0 fully saturated rings. The van der Waals surface area contributed by atoms with E-state index in [0.717, 1.165) is 12.0 Å². The van der Waals surface area contributed by atoms with Gasteiger partial charge in [-0.1, -0.05) is 37.3 Å². The lowest BCUT2D eigenvalue weighted by atomic mass is 10.2. The Morgan fingerprint density at radius 1 is 1.36 bits per heavy atom. The Kier molecular flexibility index (Phi) is 5.19. The molecule has 0 aliphatic heterocycles. The molecule has 0 amide bonds. The summed E-state index contributed by atoms with van der Waals surface area (Å²) in [6, 6.07) is 9.73. The molecule has 0 aliphatic carbocycles. The van der Waals surface area contributed by atoms with E-state index in [1.54, 1.807) is 11.5 Å². The van der Waals surface area contributed by atoms with E-state index in [1.165, 1.54) is 0 Å². The second-order valence-electron chi connectivity index (χ2n) is 2.80. The quantitative estimate of drug-likeness (QED) is 0.747. The SMILES string of the molecule is CCCOS(=O)C=Cc1ccccc1. The van der Waals surface area contributed by atoms with Crippen LogP contribution < -0.4 is 0 Å². The molecule has 2 nitrogen and oxygen atoms in total. The molecular formula is C11H14O2S. The van der Waals surface area contributed by atoms with Gasteiger partial charge in [-0.3, -0.25) is 4.18 Å². The summed E-state index contributed by atoms with van der Waals surface area (Å²) in [5.41, 5.74) is 1.03. The van der Waals surface area contributed by atoms with Gasteiger partial charge in [-0.15, -0.1) is 0 Å². The molecule has 76 valence electrons. The van der Waals surface area contributed by atoms with Crippen molar-refractivity contribution >= 4 is 17.2 Å². The minimum atomic E-state index is -1.30. The van der Waals surface area contributed by atoms with Crippen molar-refractivity contribution in [2.45, 2.75) is 13.3 Å². The molecule has 0 radical (unpaired) electrons. The van der Waals surface area contributed by atoms with Crippen molar-refractivity contribution in [2.75, 3.05) is 6.61 Å². The van der Waals surface area contributed by atoms with Gasteiger partial charge >= 0.3 is 0 Å². The van der Waals surface area contributed by atoms with E-state index < -0.39 is 11.1 Å². The first kappa shape index (κ1) is 11.1. The number of hydrogen-bond donors (Lipinski definition) is 0. The molecule has 0 N–H and O–H groups in total. The summed E-state index contributed by atoms with van der Waals surface area (Å²) in [7, 11) is 0. The molecular weight excluding hydrogens is 196 g/mol. The zero-order chi connectivity index (χ0) is 10.2. The minimum absolute atomic E-state index is 0.533. The molecule has 1 rings (SSSR count). The van der Waals surface area contributed by atoms with Gasteiger partial charge in [0.25, 0.3) is 0 Å². The number of benzene rings is 1. The van der Waals surface area contributed by atoms with Crippen LogP contribution in [0.15, 0.2) is 35.7 Å². The molecule has 0 aliphatic rings. The van der Waals surface area contributed by atoms with Crippen molar-refractivity contribution in [1.29, 1.82) is 0 Å². The molecule has 1 aromatic carbocycles. The second-order valence-corrected chi connectivity index (χ2v) is 3.82. The van der Waals surface area contributed by atoms with Crippen LogP contribution >= 0.6 is 0 Å². The molecule has 0 saturated carbocycles. The molecule has 1 unspecified atom stereocenters. The highest BCUT2D eigenvalue weighted by Gasteiger charge is 1.92. The Hall–Kier alpha value is -0.930. The number of hydrogen-bond acceptors (Lipinski definition) is 2. The summed E-state index contributed by atoms with van der Waals surface area (Å²) in [4.78, 5) is 0. The van der Waals surface area contributed by atoms with Crippen LogP contribution in [0.5, 0.6) is 0 Å². The maximum absolute atomic E-state index is 11.2.